The van der Waals surface area contributed by atoms with E-state index in [-0.39, 0.29) is 12.8 Å². The van der Waals surface area contributed by atoms with E-state index in [1.165, 1.54) is 0 Å². The Morgan fingerprint density at radius 1 is 1.20 bits per heavy atom. The van der Waals surface area contributed by atoms with Crippen molar-refractivity contribution in [2.24, 2.45) is 0 Å². The van der Waals surface area contributed by atoms with Gasteiger partial charge in [-0.25, -0.2) is 0 Å². The fraction of sp³-hybridized carbons (Fsp3) is 0.833. The lowest BCUT2D eigenvalue weighted by molar-refractivity contribution is -0.147. The lowest BCUT2D eigenvalue weighted by Crippen LogP contribution is -2.45. The van der Waals surface area contributed by atoms with E-state index < -0.39 is 24.1 Å². The van der Waals surface area contributed by atoms with Crippen molar-refractivity contribution in [3.8, 4) is 0 Å². The maximum atomic E-state index is 10.7. The van der Waals surface area contributed by atoms with Crippen LogP contribution in [0.15, 0.2) is 0 Å². The summed E-state index contributed by atoms with van der Waals surface area (Å²) in [4.78, 5) is 10.7. The highest BCUT2D eigenvalue weighted by atomic mass is 16.3. The van der Waals surface area contributed by atoms with Crippen molar-refractivity contribution < 1.29 is 20.1 Å². The largest absolute Gasteiger partial charge is 0.390 e. The molecule has 0 heterocycles. The van der Waals surface area contributed by atoms with Crippen molar-refractivity contribution in [1.29, 1.82) is 0 Å². The molecule has 0 spiro atoms. The third-order valence-corrected chi connectivity index (χ3v) is 1.72. The summed E-state index contributed by atoms with van der Waals surface area (Å²) in [5, 5.41) is 26.6. The molecule has 1 rings (SSSR count). The van der Waals surface area contributed by atoms with Crippen LogP contribution in [0, 0.1) is 0 Å². The summed E-state index contributed by atoms with van der Waals surface area (Å²) >= 11 is 0. The second-order valence-electron chi connectivity index (χ2n) is 2.51. The number of ketones is 1. The highest BCUT2D eigenvalue weighted by Crippen LogP contribution is 2.15. The molecule has 3 N–H and O–H groups in total. The number of carbonyl (C=O) groups excluding carboxylic acids is 1. The lowest BCUT2D eigenvalue weighted by Gasteiger charge is -2.25. The molecule has 1 aliphatic carbocycles. The zero-order valence-electron chi connectivity index (χ0n) is 5.40. The van der Waals surface area contributed by atoms with Crippen LogP contribution >= 0.6 is 0 Å². The third kappa shape index (κ3) is 1.18. The first-order valence-corrected chi connectivity index (χ1v) is 3.21. The highest BCUT2D eigenvalue weighted by molar-refractivity contribution is 5.88. The number of hydrogen-bond donors (Lipinski definition) is 3. The van der Waals surface area contributed by atoms with Gasteiger partial charge in [0, 0.05) is 0 Å². The molecular weight excluding hydrogens is 136 g/mol. The van der Waals surface area contributed by atoms with Crippen LogP contribution in [-0.2, 0) is 4.79 Å². The van der Waals surface area contributed by atoms with Gasteiger partial charge in [0.2, 0.25) is 0 Å². The normalized spacial score (nSPS) is 41.9. The van der Waals surface area contributed by atoms with E-state index in [1.54, 1.807) is 0 Å². The van der Waals surface area contributed by atoms with E-state index in [9.17, 15) is 4.79 Å². The molecule has 4 nitrogen and oxygen atoms in total. The van der Waals surface area contributed by atoms with E-state index in [0.29, 0.717) is 0 Å². The molecule has 0 aromatic carbocycles. The fourth-order valence-electron chi connectivity index (χ4n) is 1.02. The summed E-state index contributed by atoms with van der Waals surface area (Å²) in [6.45, 7) is 0. The van der Waals surface area contributed by atoms with Crippen LogP contribution in [0.2, 0.25) is 0 Å². The van der Waals surface area contributed by atoms with Gasteiger partial charge in [0.05, 0.1) is 6.10 Å². The van der Waals surface area contributed by atoms with Crippen LogP contribution in [0.5, 0.6) is 0 Å². The minimum Gasteiger partial charge on any atom is -0.390 e. The Morgan fingerprint density at radius 3 is 2.30 bits per heavy atom. The zero-order valence-corrected chi connectivity index (χ0v) is 5.40. The molecule has 1 fully saturated rings. The molecule has 0 aromatic heterocycles. The predicted molar refractivity (Wildman–Crippen MR) is 32.3 cm³/mol. The van der Waals surface area contributed by atoms with Crippen LogP contribution in [0.25, 0.3) is 0 Å². The summed E-state index contributed by atoms with van der Waals surface area (Å²) in [5.41, 5.74) is 0. The van der Waals surface area contributed by atoms with Gasteiger partial charge in [-0.3, -0.25) is 4.79 Å². The molecule has 0 aromatic rings. The van der Waals surface area contributed by atoms with Crippen LogP contribution < -0.4 is 0 Å². The van der Waals surface area contributed by atoms with Crippen LogP contribution in [-0.4, -0.2) is 39.4 Å². The Kier molecular flexibility index (Phi) is 2.03. The number of Topliss-reactive ketones (excluding diaryl/α,β-unsaturated/α-hetero) is 1. The quantitative estimate of drug-likeness (QED) is 0.386. The minimum atomic E-state index is -1.39. The average Bonchev–Trinajstić information content (AvgIpc) is 1.93. The van der Waals surface area contributed by atoms with Crippen molar-refractivity contribution in [2.45, 2.75) is 31.2 Å². The van der Waals surface area contributed by atoms with Gasteiger partial charge in [0.25, 0.3) is 0 Å². The second kappa shape index (κ2) is 2.65. The van der Waals surface area contributed by atoms with E-state index in [1.807, 2.05) is 0 Å². The molecule has 1 unspecified atom stereocenters. The summed E-state index contributed by atoms with van der Waals surface area (Å²) in [6, 6.07) is 0. The minimum absolute atomic E-state index is 0.247. The van der Waals surface area contributed by atoms with Gasteiger partial charge in [-0.1, -0.05) is 0 Å². The molecule has 58 valence electrons. The van der Waals surface area contributed by atoms with Crippen molar-refractivity contribution >= 4 is 5.78 Å². The molecule has 0 aliphatic heterocycles. The van der Waals surface area contributed by atoms with Gasteiger partial charge in [-0.15, -0.1) is 0 Å². The first-order chi connectivity index (χ1) is 4.63. The second-order valence-corrected chi connectivity index (χ2v) is 2.51. The summed E-state index contributed by atoms with van der Waals surface area (Å²) in [5.74, 6) is -0.668. The van der Waals surface area contributed by atoms with Crippen LogP contribution in [0.4, 0.5) is 0 Å². The van der Waals surface area contributed by atoms with Crippen molar-refractivity contribution in [1.82, 2.24) is 0 Å². The predicted octanol–water partition coefficient (Wildman–Crippen LogP) is -1.57. The number of rotatable bonds is 0. The van der Waals surface area contributed by atoms with Crippen LogP contribution in [0.1, 0.15) is 12.8 Å². The molecule has 0 radical (unpaired) electrons. The summed E-state index contributed by atoms with van der Waals surface area (Å²) in [6.07, 6.45) is -2.93. The van der Waals surface area contributed by atoms with Crippen LogP contribution in [0.3, 0.4) is 0 Å². The first-order valence-electron chi connectivity index (χ1n) is 3.21. The van der Waals surface area contributed by atoms with Gasteiger partial charge in [-0.05, 0) is 12.8 Å². The van der Waals surface area contributed by atoms with Crippen molar-refractivity contribution in [3.05, 3.63) is 0 Å². The number of carbonyl (C=O) groups is 1. The number of aliphatic hydroxyl groups is 3. The SMILES string of the molecule is O=C1[C@@H](O)CCC(O)[C@H]1O. The van der Waals surface area contributed by atoms with E-state index >= 15 is 0 Å². The maximum Gasteiger partial charge on any atom is 0.192 e. The average molecular weight is 146 g/mol. The lowest BCUT2D eigenvalue weighted by atomic mass is 9.91. The number of hydrogen-bond acceptors (Lipinski definition) is 4. The Morgan fingerprint density at radius 2 is 1.80 bits per heavy atom. The molecular formula is C6H10O4. The monoisotopic (exact) mass is 146 g/mol. The van der Waals surface area contributed by atoms with Gasteiger partial charge in [-0.2, -0.15) is 0 Å². The highest BCUT2D eigenvalue weighted by Gasteiger charge is 2.34. The van der Waals surface area contributed by atoms with Gasteiger partial charge in [0.15, 0.2) is 5.78 Å². The smallest absolute Gasteiger partial charge is 0.192 e. The summed E-state index contributed by atoms with van der Waals surface area (Å²) < 4.78 is 0. The number of aliphatic hydroxyl groups excluding tert-OH is 3. The van der Waals surface area contributed by atoms with Gasteiger partial charge in [0.1, 0.15) is 12.2 Å². The molecule has 0 bridgehead atoms. The maximum absolute atomic E-state index is 10.7. The van der Waals surface area contributed by atoms with E-state index in [4.69, 9.17) is 15.3 Å². The van der Waals surface area contributed by atoms with Crippen molar-refractivity contribution in [2.75, 3.05) is 0 Å². The standard InChI is InChI=1S/C6H10O4/c7-3-1-2-4(8)6(10)5(3)9/h3-5,7-9H,1-2H2/t3?,4-,5+/m0/s1. The Bertz CT molecular complexity index is 145. The molecule has 0 saturated heterocycles. The molecule has 0 amide bonds. The van der Waals surface area contributed by atoms with Crippen molar-refractivity contribution in [3.63, 3.8) is 0 Å². The molecule has 10 heavy (non-hydrogen) atoms. The molecule has 1 aliphatic rings. The molecule has 1 saturated carbocycles. The zero-order chi connectivity index (χ0) is 7.72. The Hall–Kier alpha value is -0.450. The van der Waals surface area contributed by atoms with E-state index in [2.05, 4.69) is 0 Å². The summed E-state index contributed by atoms with van der Waals surface area (Å²) in [7, 11) is 0. The first kappa shape index (κ1) is 7.65. The van der Waals surface area contributed by atoms with E-state index in [0.717, 1.165) is 0 Å². The molecule has 3 atom stereocenters. The fourth-order valence-corrected chi connectivity index (χ4v) is 1.02. The van der Waals surface area contributed by atoms with Gasteiger partial charge < -0.3 is 15.3 Å². The Labute approximate surface area is 58.1 Å². The third-order valence-electron chi connectivity index (χ3n) is 1.72. The van der Waals surface area contributed by atoms with Gasteiger partial charge >= 0.3 is 0 Å². The topological polar surface area (TPSA) is 77.8 Å². The molecule has 4 heteroatoms. The Balaban J connectivity index is 2.60.